The summed E-state index contributed by atoms with van der Waals surface area (Å²) in [5.41, 5.74) is 7.34. The molecule has 0 radical (unpaired) electrons. The summed E-state index contributed by atoms with van der Waals surface area (Å²) in [7, 11) is 0. The van der Waals surface area contributed by atoms with Crippen molar-refractivity contribution in [3.05, 3.63) is 22.8 Å². The van der Waals surface area contributed by atoms with Crippen molar-refractivity contribution in [2.45, 2.75) is 127 Å². The molecule has 0 aliphatic heterocycles. The fourth-order valence-corrected chi connectivity index (χ4v) is 9.66. The highest BCUT2D eigenvalue weighted by Gasteiger charge is 2.62. The normalized spacial score (nSPS) is 44.9. The van der Waals surface area contributed by atoms with Crippen molar-refractivity contribution >= 4 is 0 Å². The molecule has 0 aromatic carbocycles. The zero-order chi connectivity index (χ0) is 22.8. The Morgan fingerprint density at radius 3 is 2.32 bits per heavy atom. The van der Waals surface area contributed by atoms with Gasteiger partial charge in [0.15, 0.2) is 0 Å². The Morgan fingerprint density at radius 1 is 0.935 bits per heavy atom. The minimum absolute atomic E-state index is 0.456. The van der Waals surface area contributed by atoms with E-state index in [-0.39, 0.29) is 0 Å². The minimum Gasteiger partial charge on any atom is -0.0859 e. The van der Waals surface area contributed by atoms with E-state index >= 15 is 0 Å². The van der Waals surface area contributed by atoms with Crippen LogP contribution in [-0.4, -0.2) is 0 Å². The lowest BCUT2D eigenvalue weighted by atomic mass is 9.42. The molecule has 0 nitrogen and oxygen atoms in total. The van der Waals surface area contributed by atoms with E-state index in [4.69, 9.17) is 0 Å². The van der Waals surface area contributed by atoms with Crippen molar-refractivity contribution in [3.63, 3.8) is 0 Å². The van der Waals surface area contributed by atoms with Gasteiger partial charge in [-0.2, -0.15) is 0 Å². The van der Waals surface area contributed by atoms with E-state index in [2.05, 4.69) is 68.4 Å². The third-order valence-electron chi connectivity index (χ3n) is 12.2. The summed E-state index contributed by atoms with van der Waals surface area (Å²) in [4.78, 5) is 0. The predicted octanol–water partition coefficient (Wildman–Crippen LogP) is 9.75. The fourth-order valence-electron chi connectivity index (χ4n) is 9.66. The summed E-state index contributed by atoms with van der Waals surface area (Å²) in [6.07, 6.45) is 16.6. The van der Waals surface area contributed by atoms with Crippen molar-refractivity contribution < 1.29 is 0 Å². The molecule has 0 aromatic rings. The average Bonchev–Trinajstić information content (AvgIpc) is 2.96. The number of rotatable bonds is 4. The molecule has 4 rings (SSSR count). The largest absolute Gasteiger partial charge is 0.0859 e. The molecule has 2 saturated carbocycles. The molecule has 4 aliphatic carbocycles. The van der Waals surface area contributed by atoms with E-state index in [1.807, 2.05) is 11.1 Å². The summed E-state index contributed by atoms with van der Waals surface area (Å²) in [6.45, 7) is 22.9. The Kier molecular flexibility index (Phi) is 5.92. The third kappa shape index (κ3) is 3.35. The van der Waals surface area contributed by atoms with Crippen LogP contribution in [0.4, 0.5) is 0 Å². The van der Waals surface area contributed by atoms with Gasteiger partial charge in [-0.15, -0.1) is 0 Å². The maximum absolute atomic E-state index is 2.72. The second kappa shape index (κ2) is 7.77. The SMILES string of the molecule is CC(C)=CCCC(C)C1CCC2(C)C3=C(CCC12C)C1(C)CCC(C)C(C)(C)C1CC3. The first kappa shape index (κ1) is 23.6. The van der Waals surface area contributed by atoms with Gasteiger partial charge >= 0.3 is 0 Å². The fraction of sp³-hybridized carbons (Fsp3) is 0.871. The average molecular weight is 425 g/mol. The van der Waals surface area contributed by atoms with Gasteiger partial charge in [0.25, 0.3) is 0 Å². The van der Waals surface area contributed by atoms with Gasteiger partial charge in [-0.05, 0) is 123 Å². The van der Waals surface area contributed by atoms with Crippen molar-refractivity contribution in [2.75, 3.05) is 0 Å². The van der Waals surface area contributed by atoms with Gasteiger partial charge in [0.2, 0.25) is 0 Å². The molecule has 0 aromatic heterocycles. The summed E-state index contributed by atoms with van der Waals surface area (Å²) in [6, 6.07) is 0. The Labute approximate surface area is 194 Å². The predicted molar refractivity (Wildman–Crippen MR) is 136 cm³/mol. The monoisotopic (exact) mass is 424 g/mol. The van der Waals surface area contributed by atoms with Crippen LogP contribution in [0.2, 0.25) is 0 Å². The van der Waals surface area contributed by atoms with E-state index in [1.165, 1.54) is 69.8 Å². The van der Waals surface area contributed by atoms with Gasteiger partial charge in [-0.25, -0.2) is 0 Å². The van der Waals surface area contributed by atoms with E-state index in [1.54, 1.807) is 0 Å². The highest BCUT2D eigenvalue weighted by Crippen LogP contribution is 2.72. The van der Waals surface area contributed by atoms with Gasteiger partial charge in [0, 0.05) is 0 Å². The first-order valence-electron chi connectivity index (χ1n) is 13.7. The molecule has 0 amide bonds. The van der Waals surface area contributed by atoms with Crippen LogP contribution in [0.5, 0.6) is 0 Å². The van der Waals surface area contributed by atoms with Crippen molar-refractivity contribution in [3.8, 4) is 0 Å². The molecule has 4 aliphatic rings. The highest BCUT2D eigenvalue weighted by molar-refractivity contribution is 5.38. The van der Waals surface area contributed by atoms with Gasteiger partial charge in [-0.3, -0.25) is 0 Å². The van der Waals surface area contributed by atoms with Crippen LogP contribution in [0.15, 0.2) is 22.8 Å². The van der Waals surface area contributed by atoms with Gasteiger partial charge in [-0.1, -0.05) is 71.3 Å². The summed E-state index contributed by atoms with van der Waals surface area (Å²) >= 11 is 0. The lowest BCUT2D eigenvalue weighted by Crippen LogP contribution is -2.53. The Hall–Kier alpha value is -0.520. The molecule has 0 heteroatoms. The van der Waals surface area contributed by atoms with Crippen LogP contribution in [-0.2, 0) is 0 Å². The molecular weight excluding hydrogens is 372 g/mol. The van der Waals surface area contributed by atoms with Crippen molar-refractivity contribution in [2.24, 2.45) is 45.3 Å². The van der Waals surface area contributed by atoms with Gasteiger partial charge in [0.1, 0.15) is 0 Å². The minimum atomic E-state index is 0.456. The van der Waals surface area contributed by atoms with Crippen LogP contribution >= 0.6 is 0 Å². The van der Waals surface area contributed by atoms with E-state index in [0.29, 0.717) is 21.7 Å². The van der Waals surface area contributed by atoms with E-state index < -0.39 is 0 Å². The smallest absolute Gasteiger partial charge is 0.00568 e. The summed E-state index contributed by atoms with van der Waals surface area (Å²) in [5.74, 6) is 3.52. The maximum Gasteiger partial charge on any atom is -0.00568 e. The molecule has 0 spiro atoms. The van der Waals surface area contributed by atoms with Crippen LogP contribution in [0.1, 0.15) is 127 Å². The molecule has 0 N–H and O–H groups in total. The quantitative estimate of drug-likeness (QED) is 0.394. The first-order chi connectivity index (χ1) is 14.4. The van der Waals surface area contributed by atoms with Gasteiger partial charge in [0.05, 0.1) is 0 Å². The van der Waals surface area contributed by atoms with Gasteiger partial charge < -0.3 is 0 Å². The zero-order valence-corrected chi connectivity index (χ0v) is 22.5. The van der Waals surface area contributed by atoms with Crippen LogP contribution in [0.3, 0.4) is 0 Å². The van der Waals surface area contributed by atoms with Crippen LogP contribution in [0.25, 0.3) is 0 Å². The number of fused-ring (bicyclic) bond motifs is 4. The maximum atomic E-state index is 2.72. The Bertz CT molecular complexity index is 761. The molecule has 7 unspecified atom stereocenters. The topological polar surface area (TPSA) is 0 Å². The lowest BCUT2D eigenvalue weighted by molar-refractivity contribution is -0.0482. The number of hydrogen-bond acceptors (Lipinski definition) is 0. The number of allylic oxidation sites excluding steroid dienone is 4. The zero-order valence-electron chi connectivity index (χ0n) is 22.5. The Balaban J connectivity index is 1.65. The molecule has 7 atom stereocenters. The van der Waals surface area contributed by atoms with Crippen LogP contribution < -0.4 is 0 Å². The highest BCUT2D eigenvalue weighted by atomic mass is 14.7. The van der Waals surface area contributed by atoms with Crippen LogP contribution in [0, 0.1) is 45.3 Å². The molecule has 0 bridgehead atoms. The summed E-state index contributed by atoms with van der Waals surface area (Å²) < 4.78 is 0. The molecule has 176 valence electrons. The number of hydrogen-bond donors (Lipinski definition) is 0. The molecule has 0 saturated heterocycles. The third-order valence-corrected chi connectivity index (χ3v) is 12.2. The Morgan fingerprint density at radius 2 is 1.65 bits per heavy atom. The second-order valence-electron chi connectivity index (χ2n) is 14.0. The van der Waals surface area contributed by atoms with E-state index in [0.717, 1.165) is 23.7 Å². The van der Waals surface area contributed by atoms with E-state index in [9.17, 15) is 0 Å². The summed E-state index contributed by atoms with van der Waals surface area (Å²) in [5, 5.41) is 0. The second-order valence-corrected chi connectivity index (χ2v) is 14.0. The lowest BCUT2D eigenvalue weighted by Gasteiger charge is -2.62. The molecule has 0 heterocycles. The first-order valence-corrected chi connectivity index (χ1v) is 13.7. The van der Waals surface area contributed by atoms with Crippen molar-refractivity contribution in [1.29, 1.82) is 0 Å². The molecular formula is C31H52. The molecule has 31 heavy (non-hydrogen) atoms. The van der Waals surface area contributed by atoms with Crippen molar-refractivity contribution in [1.82, 2.24) is 0 Å². The molecule has 2 fully saturated rings. The standard InChI is InChI=1S/C31H52/c1-21(2)11-10-12-22(3)24-16-19-31(9)26-13-14-27-28(5,6)23(4)15-18-29(27,7)25(26)17-20-30(24,31)8/h11,22-24,27H,10,12-20H2,1-9H3.